The number of halogens is 1. The summed E-state index contributed by atoms with van der Waals surface area (Å²) in [5, 5.41) is 6.84. The predicted molar refractivity (Wildman–Crippen MR) is 49.1 cm³/mol. The number of alkyl halides is 1. The predicted octanol–water partition coefficient (Wildman–Crippen LogP) is 2.13. The molecule has 0 aliphatic heterocycles. The topological polar surface area (TPSA) is 41.6 Å². The Kier molecular flexibility index (Phi) is 2.73. The minimum absolute atomic E-state index is 0.228. The highest BCUT2D eigenvalue weighted by atomic mass is 35.5. The molecule has 0 unspecified atom stereocenters. The highest BCUT2D eigenvalue weighted by molar-refractivity contribution is 6.16. The first-order chi connectivity index (χ1) is 5.51. The maximum atomic E-state index is 5.58. The van der Waals surface area contributed by atoms with Gasteiger partial charge in [-0.3, -0.25) is 5.10 Å². The van der Waals surface area contributed by atoms with E-state index in [1.54, 1.807) is 0 Å². The van der Waals surface area contributed by atoms with Gasteiger partial charge in [-0.1, -0.05) is 20.8 Å². The monoisotopic (exact) mass is 187 g/mol. The summed E-state index contributed by atoms with van der Waals surface area (Å²) >= 11 is 5.58. The molecule has 0 radical (unpaired) electrons. The van der Waals surface area contributed by atoms with E-state index in [9.17, 15) is 0 Å². The van der Waals surface area contributed by atoms with Crippen molar-refractivity contribution >= 4 is 11.6 Å². The van der Waals surface area contributed by atoms with Crippen LogP contribution in [0.4, 0.5) is 0 Å². The van der Waals surface area contributed by atoms with Crippen molar-refractivity contribution in [1.82, 2.24) is 15.2 Å². The number of H-pyrrole nitrogens is 1. The summed E-state index contributed by atoms with van der Waals surface area (Å²) < 4.78 is 0. The van der Waals surface area contributed by atoms with E-state index in [1.165, 1.54) is 0 Å². The van der Waals surface area contributed by atoms with Crippen LogP contribution in [0.3, 0.4) is 0 Å². The molecule has 0 saturated carbocycles. The zero-order valence-corrected chi connectivity index (χ0v) is 8.44. The van der Waals surface area contributed by atoms with Crippen molar-refractivity contribution < 1.29 is 0 Å². The Bertz CT molecular complexity index is 249. The quantitative estimate of drug-likeness (QED) is 0.721. The van der Waals surface area contributed by atoms with Gasteiger partial charge in [-0.25, -0.2) is 4.98 Å². The molecule has 0 bridgehead atoms. The van der Waals surface area contributed by atoms with Crippen molar-refractivity contribution in [2.45, 2.75) is 33.1 Å². The number of rotatable bonds is 2. The number of hydrogen-bond donors (Lipinski definition) is 1. The van der Waals surface area contributed by atoms with Gasteiger partial charge in [0.25, 0.3) is 0 Å². The van der Waals surface area contributed by atoms with E-state index in [1.807, 2.05) is 0 Å². The summed E-state index contributed by atoms with van der Waals surface area (Å²) in [6.07, 6.45) is 0.875. The van der Waals surface area contributed by atoms with Crippen LogP contribution >= 0.6 is 11.6 Å². The number of hydrogen-bond acceptors (Lipinski definition) is 2. The Hall–Kier alpha value is -0.570. The Labute approximate surface area is 77.5 Å². The van der Waals surface area contributed by atoms with Crippen LogP contribution in [0, 0.1) is 5.41 Å². The molecule has 12 heavy (non-hydrogen) atoms. The summed E-state index contributed by atoms with van der Waals surface area (Å²) in [7, 11) is 0. The van der Waals surface area contributed by atoms with Gasteiger partial charge in [-0.15, -0.1) is 11.6 Å². The molecule has 1 N–H and O–H groups in total. The molecule has 1 aromatic heterocycles. The van der Waals surface area contributed by atoms with Crippen LogP contribution in [0.2, 0.25) is 0 Å². The van der Waals surface area contributed by atoms with Gasteiger partial charge in [-0.05, 0) is 5.41 Å². The van der Waals surface area contributed by atoms with E-state index in [2.05, 4.69) is 36.0 Å². The number of nitrogens with one attached hydrogen (secondary N) is 1. The average molecular weight is 188 g/mol. The van der Waals surface area contributed by atoms with Gasteiger partial charge in [0.05, 0.1) is 5.88 Å². The number of nitrogens with zero attached hydrogens (tertiary/aromatic N) is 2. The third kappa shape index (κ3) is 2.81. The summed E-state index contributed by atoms with van der Waals surface area (Å²) in [6, 6.07) is 0. The minimum Gasteiger partial charge on any atom is -0.262 e. The van der Waals surface area contributed by atoms with Crippen LogP contribution in [-0.2, 0) is 12.3 Å². The fourth-order valence-electron chi connectivity index (χ4n) is 0.948. The second-order valence-corrected chi connectivity index (χ2v) is 4.34. The van der Waals surface area contributed by atoms with Crippen molar-refractivity contribution in [1.29, 1.82) is 0 Å². The van der Waals surface area contributed by atoms with Gasteiger partial charge >= 0.3 is 0 Å². The van der Waals surface area contributed by atoms with Crippen LogP contribution in [0.15, 0.2) is 0 Å². The normalized spacial score (nSPS) is 12.0. The highest BCUT2D eigenvalue weighted by Gasteiger charge is 2.14. The maximum absolute atomic E-state index is 5.58. The fraction of sp³-hybridized carbons (Fsp3) is 0.750. The van der Waals surface area contributed by atoms with Crippen LogP contribution < -0.4 is 0 Å². The van der Waals surface area contributed by atoms with Gasteiger partial charge in [0.2, 0.25) is 0 Å². The van der Waals surface area contributed by atoms with Crippen molar-refractivity contribution in [3.8, 4) is 0 Å². The van der Waals surface area contributed by atoms with Gasteiger partial charge in [-0.2, -0.15) is 5.10 Å². The molecule has 0 saturated heterocycles. The van der Waals surface area contributed by atoms with Crippen molar-refractivity contribution in [3.05, 3.63) is 11.6 Å². The second-order valence-electron chi connectivity index (χ2n) is 4.07. The third-order valence-electron chi connectivity index (χ3n) is 1.39. The first-order valence-electron chi connectivity index (χ1n) is 3.97. The Balaban J connectivity index is 2.64. The van der Waals surface area contributed by atoms with E-state index in [0.29, 0.717) is 5.88 Å². The Morgan fingerprint density at radius 2 is 2.08 bits per heavy atom. The molecule has 0 spiro atoms. The number of aromatic nitrogens is 3. The van der Waals surface area contributed by atoms with E-state index in [-0.39, 0.29) is 5.41 Å². The molecule has 0 atom stereocenters. The van der Waals surface area contributed by atoms with Gasteiger partial charge in [0.1, 0.15) is 5.82 Å². The second kappa shape index (κ2) is 3.44. The lowest BCUT2D eigenvalue weighted by Crippen LogP contribution is -2.10. The van der Waals surface area contributed by atoms with Gasteiger partial charge < -0.3 is 0 Å². The molecule has 0 fully saturated rings. The molecule has 68 valence electrons. The van der Waals surface area contributed by atoms with Gasteiger partial charge in [0, 0.05) is 6.42 Å². The lowest BCUT2D eigenvalue weighted by molar-refractivity contribution is 0.401. The molecule has 1 aromatic rings. The first-order valence-corrected chi connectivity index (χ1v) is 4.51. The molecule has 0 aliphatic rings. The summed E-state index contributed by atoms with van der Waals surface area (Å²) in [6.45, 7) is 6.47. The molecular weight excluding hydrogens is 174 g/mol. The Morgan fingerprint density at radius 3 is 2.50 bits per heavy atom. The van der Waals surface area contributed by atoms with E-state index >= 15 is 0 Å². The van der Waals surface area contributed by atoms with Crippen molar-refractivity contribution in [3.63, 3.8) is 0 Å². The van der Waals surface area contributed by atoms with Crippen LogP contribution in [0.25, 0.3) is 0 Å². The lowest BCUT2D eigenvalue weighted by atomic mass is 9.92. The standard InChI is InChI=1S/C8H14ClN3/c1-8(2,3)4-6-10-7(5-9)12-11-6/h4-5H2,1-3H3,(H,10,11,12). The number of aromatic amines is 1. The molecule has 1 heterocycles. The maximum Gasteiger partial charge on any atom is 0.151 e. The third-order valence-corrected chi connectivity index (χ3v) is 1.65. The smallest absolute Gasteiger partial charge is 0.151 e. The molecule has 3 nitrogen and oxygen atoms in total. The summed E-state index contributed by atoms with van der Waals surface area (Å²) in [5.41, 5.74) is 0.228. The van der Waals surface area contributed by atoms with E-state index in [0.717, 1.165) is 18.1 Å². The lowest BCUT2D eigenvalue weighted by Gasteiger charge is -2.14. The molecular formula is C8H14ClN3. The first kappa shape index (κ1) is 9.52. The molecule has 1 rings (SSSR count). The molecule has 4 heteroatoms. The zero-order valence-electron chi connectivity index (χ0n) is 7.69. The minimum atomic E-state index is 0.228. The fourth-order valence-corrected chi connectivity index (χ4v) is 1.07. The average Bonchev–Trinajstić information content (AvgIpc) is 2.32. The van der Waals surface area contributed by atoms with Crippen LogP contribution in [-0.4, -0.2) is 15.2 Å². The van der Waals surface area contributed by atoms with Crippen molar-refractivity contribution in [2.24, 2.45) is 5.41 Å². The molecule has 0 aliphatic carbocycles. The van der Waals surface area contributed by atoms with Crippen LogP contribution in [0.1, 0.15) is 32.4 Å². The van der Waals surface area contributed by atoms with Crippen LogP contribution in [0.5, 0.6) is 0 Å². The summed E-state index contributed by atoms with van der Waals surface area (Å²) in [5.74, 6) is 1.99. The van der Waals surface area contributed by atoms with Gasteiger partial charge in [0.15, 0.2) is 5.82 Å². The van der Waals surface area contributed by atoms with Crippen molar-refractivity contribution in [2.75, 3.05) is 0 Å². The largest absolute Gasteiger partial charge is 0.262 e. The van der Waals surface area contributed by atoms with E-state index < -0.39 is 0 Å². The molecule has 0 amide bonds. The van der Waals surface area contributed by atoms with E-state index in [4.69, 9.17) is 11.6 Å². The summed E-state index contributed by atoms with van der Waals surface area (Å²) in [4.78, 5) is 4.22. The highest BCUT2D eigenvalue weighted by Crippen LogP contribution is 2.17. The Morgan fingerprint density at radius 1 is 1.42 bits per heavy atom. The zero-order chi connectivity index (χ0) is 9.19. The SMILES string of the molecule is CC(C)(C)Cc1n[nH]c(CCl)n1. The molecule has 0 aromatic carbocycles.